The highest BCUT2D eigenvalue weighted by molar-refractivity contribution is 6.40. The number of fused-ring (bicyclic) bond motifs is 1. The van der Waals surface area contributed by atoms with Gasteiger partial charge in [-0.05, 0) is 25.8 Å². The van der Waals surface area contributed by atoms with Crippen LogP contribution in [0.2, 0.25) is 0 Å². The van der Waals surface area contributed by atoms with E-state index in [9.17, 15) is 14.4 Å². The molecule has 1 amide bonds. The Morgan fingerprint density at radius 3 is 2.81 bits per heavy atom. The molecule has 5 heteroatoms. The number of ketones is 1. The molecule has 1 aliphatic carbocycles. The predicted molar refractivity (Wildman–Crippen MR) is 77.1 cm³/mol. The summed E-state index contributed by atoms with van der Waals surface area (Å²) in [7, 11) is 0. The van der Waals surface area contributed by atoms with Crippen molar-refractivity contribution in [3.05, 3.63) is 23.4 Å². The lowest BCUT2D eigenvalue weighted by molar-refractivity contribution is -0.147. The highest BCUT2D eigenvalue weighted by atomic mass is 16.5. The van der Waals surface area contributed by atoms with Crippen LogP contribution in [-0.2, 0) is 19.1 Å². The van der Waals surface area contributed by atoms with E-state index in [0.29, 0.717) is 25.1 Å². The van der Waals surface area contributed by atoms with Crippen LogP contribution in [0.25, 0.3) is 0 Å². The monoisotopic (exact) mass is 291 g/mol. The topological polar surface area (TPSA) is 72.5 Å². The second kappa shape index (κ2) is 6.70. The number of allylic oxidation sites excluding steroid dienone is 3. The molecule has 0 aromatic rings. The molecule has 0 aromatic carbocycles. The van der Waals surface area contributed by atoms with E-state index in [2.05, 4.69) is 12.2 Å². The van der Waals surface area contributed by atoms with Crippen molar-refractivity contribution in [2.45, 2.75) is 39.5 Å². The average Bonchev–Trinajstić information content (AvgIpc) is 2.75. The Morgan fingerprint density at radius 1 is 1.38 bits per heavy atom. The van der Waals surface area contributed by atoms with E-state index in [-0.39, 0.29) is 11.9 Å². The normalized spacial score (nSPS) is 22.1. The van der Waals surface area contributed by atoms with Gasteiger partial charge in [-0.25, -0.2) is 0 Å². The van der Waals surface area contributed by atoms with Gasteiger partial charge in [-0.2, -0.15) is 0 Å². The molecule has 1 saturated heterocycles. The molecule has 1 fully saturated rings. The van der Waals surface area contributed by atoms with Crippen molar-refractivity contribution in [3.63, 3.8) is 0 Å². The van der Waals surface area contributed by atoms with Crippen molar-refractivity contribution in [3.8, 4) is 0 Å². The van der Waals surface area contributed by atoms with Crippen LogP contribution in [0.3, 0.4) is 0 Å². The van der Waals surface area contributed by atoms with Crippen LogP contribution in [0.5, 0.6) is 0 Å². The highest BCUT2D eigenvalue weighted by Crippen LogP contribution is 2.34. The molecule has 0 saturated carbocycles. The molecule has 2 unspecified atom stereocenters. The number of Topliss-reactive ketones (excluding diaryl/α,β-unsaturated/α-hetero) is 1. The van der Waals surface area contributed by atoms with Gasteiger partial charge >= 0.3 is 5.97 Å². The Bertz CT molecular complexity index is 518. The lowest BCUT2D eigenvalue weighted by Crippen LogP contribution is -2.24. The standard InChI is InChI=1S/C16H21NO4/c1-3-5-6-11(16(20)21-4-2)10-7-8-13-12(9-10)14(18)15(19)17-13/h7-8,11-12H,3-6,9H2,1-2H3,(H,17,19). The zero-order chi connectivity index (χ0) is 15.4. The zero-order valence-corrected chi connectivity index (χ0v) is 12.5. The molecule has 2 atom stereocenters. The van der Waals surface area contributed by atoms with E-state index in [1.807, 2.05) is 6.08 Å². The summed E-state index contributed by atoms with van der Waals surface area (Å²) >= 11 is 0. The molecule has 0 spiro atoms. The molecule has 114 valence electrons. The lowest BCUT2D eigenvalue weighted by atomic mass is 9.82. The lowest BCUT2D eigenvalue weighted by Gasteiger charge is -2.23. The minimum absolute atomic E-state index is 0.237. The molecule has 21 heavy (non-hydrogen) atoms. The fourth-order valence-corrected chi connectivity index (χ4v) is 2.80. The summed E-state index contributed by atoms with van der Waals surface area (Å²) in [6.45, 7) is 4.20. The van der Waals surface area contributed by atoms with Gasteiger partial charge in [-0.1, -0.05) is 31.4 Å². The third-order valence-corrected chi connectivity index (χ3v) is 3.96. The van der Waals surface area contributed by atoms with Gasteiger partial charge in [-0.3, -0.25) is 14.4 Å². The maximum absolute atomic E-state index is 12.1. The quantitative estimate of drug-likeness (QED) is 0.599. The summed E-state index contributed by atoms with van der Waals surface area (Å²) in [6.07, 6.45) is 6.65. The number of carbonyl (C=O) groups is 3. The van der Waals surface area contributed by atoms with Crippen molar-refractivity contribution in [1.82, 2.24) is 5.32 Å². The van der Waals surface area contributed by atoms with Gasteiger partial charge in [0.2, 0.25) is 5.78 Å². The number of unbranched alkanes of at least 4 members (excludes halogenated alkanes) is 1. The Hall–Kier alpha value is -1.91. The van der Waals surface area contributed by atoms with Crippen LogP contribution in [0, 0.1) is 11.8 Å². The SMILES string of the molecule is CCCCC(C(=O)OCC)C1=CC=C2NC(=O)C(=O)C2C1. The Balaban J connectivity index is 2.16. The van der Waals surface area contributed by atoms with Gasteiger partial charge in [0.1, 0.15) is 0 Å². The van der Waals surface area contributed by atoms with Gasteiger partial charge in [0.15, 0.2) is 0 Å². The minimum Gasteiger partial charge on any atom is -0.466 e. The molecule has 2 aliphatic rings. The predicted octanol–water partition coefficient (Wildman–Crippen LogP) is 1.89. The summed E-state index contributed by atoms with van der Waals surface area (Å²) in [6, 6.07) is 0. The van der Waals surface area contributed by atoms with Crippen molar-refractivity contribution < 1.29 is 19.1 Å². The molecular formula is C16H21NO4. The fourth-order valence-electron chi connectivity index (χ4n) is 2.80. The molecule has 1 heterocycles. The number of hydrogen-bond donors (Lipinski definition) is 1. The van der Waals surface area contributed by atoms with Crippen LogP contribution in [0.15, 0.2) is 23.4 Å². The number of hydrogen-bond acceptors (Lipinski definition) is 4. The van der Waals surface area contributed by atoms with Crippen LogP contribution >= 0.6 is 0 Å². The van der Waals surface area contributed by atoms with Crippen molar-refractivity contribution in [1.29, 1.82) is 0 Å². The van der Waals surface area contributed by atoms with E-state index in [4.69, 9.17) is 4.74 Å². The first kappa shape index (κ1) is 15.5. The number of amides is 1. The molecule has 2 rings (SSSR count). The van der Waals surface area contributed by atoms with Gasteiger partial charge in [0.05, 0.1) is 18.4 Å². The summed E-state index contributed by atoms with van der Waals surface area (Å²) in [5.74, 6) is -1.96. The van der Waals surface area contributed by atoms with E-state index in [0.717, 1.165) is 18.4 Å². The van der Waals surface area contributed by atoms with E-state index in [1.54, 1.807) is 13.0 Å². The van der Waals surface area contributed by atoms with Gasteiger partial charge in [-0.15, -0.1) is 0 Å². The van der Waals surface area contributed by atoms with Crippen LogP contribution < -0.4 is 5.32 Å². The summed E-state index contributed by atoms with van der Waals surface area (Å²) in [5, 5.41) is 2.57. The first-order chi connectivity index (χ1) is 10.1. The summed E-state index contributed by atoms with van der Waals surface area (Å²) < 4.78 is 5.15. The first-order valence-electron chi connectivity index (χ1n) is 7.50. The van der Waals surface area contributed by atoms with Gasteiger partial charge in [0.25, 0.3) is 5.91 Å². The minimum atomic E-state index is -0.554. The van der Waals surface area contributed by atoms with Crippen LogP contribution in [0.4, 0.5) is 0 Å². The van der Waals surface area contributed by atoms with Crippen molar-refractivity contribution in [2.24, 2.45) is 11.8 Å². The smallest absolute Gasteiger partial charge is 0.313 e. The number of esters is 1. The third kappa shape index (κ3) is 3.23. The molecule has 0 radical (unpaired) electrons. The summed E-state index contributed by atoms with van der Waals surface area (Å²) in [5.41, 5.74) is 1.53. The van der Waals surface area contributed by atoms with Crippen LogP contribution in [0.1, 0.15) is 39.5 Å². The second-order valence-corrected chi connectivity index (χ2v) is 5.39. The maximum atomic E-state index is 12.1. The number of carbonyl (C=O) groups excluding carboxylic acids is 3. The maximum Gasteiger partial charge on any atom is 0.313 e. The van der Waals surface area contributed by atoms with Crippen molar-refractivity contribution in [2.75, 3.05) is 6.61 Å². The molecule has 5 nitrogen and oxygen atoms in total. The van der Waals surface area contributed by atoms with E-state index >= 15 is 0 Å². The summed E-state index contributed by atoms with van der Waals surface area (Å²) in [4.78, 5) is 35.4. The van der Waals surface area contributed by atoms with Gasteiger partial charge < -0.3 is 10.1 Å². The number of rotatable bonds is 6. The molecular weight excluding hydrogens is 270 g/mol. The first-order valence-corrected chi connectivity index (χ1v) is 7.50. The Kier molecular flexibility index (Phi) is 4.94. The molecule has 0 bridgehead atoms. The number of ether oxygens (including phenoxy) is 1. The molecule has 0 aromatic heterocycles. The average molecular weight is 291 g/mol. The third-order valence-electron chi connectivity index (χ3n) is 3.96. The van der Waals surface area contributed by atoms with Crippen LogP contribution in [-0.4, -0.2) is 24.3 Å². The Morgan fingerprint density at radius 2 is 2.14 bits per heavy atom. The van der Waals surface area contributed by atoms with Gasteiger partial charge in [0, 0.05) is 5.70 Å². The van der Waals surface area contributed by atoms with E-state index in [1.165, 1.54) is 0 Å². The second-order valence-electron chi connectivity index (χ2n) is 5.39. The largest absolute Gasteiger partial charge is 0.466 e. The van der Waals surface area contributed by atoms with Crippen molar-refractivity contribution >= 4 is 17.7 Å². The molecule has 1 N–H and O–H groups in total. The van der Waals surface area contributed by atoms with E-state index < -0.39 is 17.6 Å². The fraction of sp³-hybridized carbons (Fsp3) is 0.562. The highest BCUT2D eigenvalue weighted by Gasteiger charge is 2.40. The zero-order valence-electron chi connectivity index (χ0n) is 12.5. The Labute approximate surface area is 124 Å². The molecule has 1 aliphatic heterocycles. The number of nitrogens with one attached hydrogen (secondary N) is 1.